The number of carboxylic acid groups (broad SMARTS) is 1. The van der Waals surface area contributed by atoms with Crippen molar-refractivity contribution >= 4 is 57.6 Å². The van der Waals surface area contributed by atoms with Gasteiger partial charge in [-0.15, -0.1) is 0 Å². The molecule has 0 radical (unpaired) electrons. The summed E-state index contributed by atoms with van der Waals surface area (Å²) in [5.74, 6) is -1.73. The van der Waals surface area contributed by atoms with Gasteiger partial charge in [-0.3, -0.25) is 14.6 Å². The number of nitrogens with zero attached hydrogens (tertiary/aromatic N) is 3. The number of halogens is 2. The zero-order valence-corrected chi connectivity index (χ0v) is 22.0. The molecule has 1 aliphatic heterocycles. The van der Waals surface area contributed by atoms with E-state index in [1.54, 1.807) is 23.2 Å². The van der Waals surface area contributed by atoms with Crippen LogP contribution >= 0.6 is 23.2 Å². The zero-order valence-electron chi connectivity index (χ0n) is 20.5. The molecule has 198 valence electrons. The van der Waals surface area contributed by atoms with Crippen LogP contribution in [-0.2, 0) is 11.2 Å². The second-order valence-corrected chi connectivity index (χ2v) is 9.85. The van der Waals surface area contributed by atoms with Crippen molar-refractivity contribution in [3.05, 3.63) is 99.6 Å². The van der Waals surface area contributed by atoms with E-state index in [2.05, 4.69) is 20.3 Å². The minimum atomic E-state index is -1.23. The summed E-state index contributed by atoms with van der Waals surface area (Å²) in [6.45, 7) is 0.964. The molecule has 3 heterocycles. The van der Waals surface area contributed by atoms with Crippen LogP contribution < -0.4 is 5.32 Å². The van der Waals surface area contributed by atoms with E-state index in [0.717, 1.165) is 22.2 Å². The third-order valence-corrected chi connectivity index (χ3v) is 7.12. The third kappa shape index (κ3) is 5.79. The zero-order chi connectivity index (χ0) is 27.5. The van der Waals surface area contributed by atoms with Crippen LogP contribution in [0, 0.1) is 0 Å². The molecule has 0 spiro atoms. The molecule has 1 atom stereocenters. The lowest BCUT2D eigenvalue weighted by Crippen LogP contribution is -2.42. The van der Waals surface area contributed by atoms with Crippen LogP contribution in [0.5, 0.6) is 0 Å². The number of aromatic amines is 1. The van der Waals surface area contributed by atoms with Crippen molar-refractivity contribution in [3.8, 4) is 0 Å². The number of rotatable bonds is 7. The van der Waals surface area contributed by atoms with E-state index >= 15 is 0 Å². The third-order valence-electron chi connectivity index (χ3n) is 6.49. The molecule has 0 unspecified atom stereocenters. The van der Waals surface area contributed by atoms with Crippen molar-refractivity contribution in [3.63, 3.8) is 0 Å². The van der Waals surface area contributed by atoms with Crippen molar-refractivity contribution in [2.45, 2.75) is 18.9 Å². The highest BCUT2D eigenvalue weighted by molar-refractivity contribution is 6.39. The van der Waals surface area contributed by atoms with Gasteiger partial charge in [0.2, 0.25) is 0 Å². The molecule has 0 saturated heterocycles. The lowest BCUT2D eigenvalue weighted by molar-refractivity contribution is -0.139. The van der Waals surface area contributed by atoms with E-state index < -0.39 is 17.9 Å². The van der Waals surface area contributed by atoms with Crippen molar-refractivity contribution in [1.82, 2.24) is 25.2 Å². The van der Waals surface area contributed by atoms with Crippen molar-refractivity contribution in [2.75, 3.05) is 13.1 Å². The molecule has 3 N–H and O–H groups in total. The van der Waals surface area contributed by atoms with Crippen LogP contribution in [0.15, 0.2) is 66.9 Å². The maximum atomic E-state index is 12.9. The van der Waals surface area contributed by atoms with Crippen molar-refractivity contribution in [1.29, 1.82) is 0 Å². The molecule has 0 aliphatic carbocycles. The first-order valence-electron chi connectivity index (χ1n) is 12.2. The minimum absolute atomic E-state index is 0.0208. The van der Waals surface area contributed by atoms with Gasteiger partial charge in [-0.2, -0.15) is 0 Å². The number of aromatic nitrogens is 3. The number of fused-ring (bicyclic) bond motifs is 1. The van der Waals surface area contributed by atoms with Gasteiger partial charge < -0.3 is 20.3 Å². The van der Waals surface area contributed by atoms with Gasteiger partial charge in [0.1, 0.15) is 6.04 Å². The first-order valence-corrected chi connectivity index (χ1v) is 12.9. The van der Waals surface area contributed by atoms with E-state index in [0.29, 0.717) is 31.0 Å². The first kappa shape index (κ1) is 26.4. The molecule has 2 aromatic carbocycles. The summed E-state index contributed by atoms with van der Waals surface area (Å²) in [5, 5.41) is 12.4. The highest BCUT2D eigenvalue weighted by atomic mass is 35.5. The smallest absolute Gasteiger partial charge is 0.326 e. The van der Waals surface area contributed by atoms with Gasteiger partial charge in [0.15, 0.2) is 5.82 Å². The van der Waals surface area contributed by atoms with Crippen molar-refractivity contribution in [2.24, 2.45) is 0 Å². The van der Waals surface area contributed by atoms with Crippen LogP contribution in [0.1, 0.15) is 38.7 Å². The number of imidazole rings is 1. The van der Waals surface area contributed by atoms with E-state index in [4.69, 9.17) is 23.2 Å². The number of amides is 2. The minimum Gasteiger partial charge on any atom is -0.480 e. The average molecular weight is 564 g/mol. The molecular weight excluding hydrogens is 541 g/mol. The summed E-state index contributed by atoms with van der Waals surface area (Å²) in [6.07, 6.45) is 4.26. The van der Waals surface area contributed by atoms with Crippen LogP contribution in [0.4, 0.5) is 0 Å². The topological polar surface area (TPSA) is 128 Å². The summed E-state index contributed by atoms with van der Waals surface area (Å²) in [5.41, 5.74) is 4.00. The SMILES string of the molecule is O=C(N[C@@H](Cc1ccc(C2=CCN(C(=O)c3nc4ccccc4[nH]3)CC2)cn1)C(=O)O)c1c(Cl)cccc1Cl. The molecule has 39 heavy (non-hydrogen) atoms. The van der Waals surface area contributed by atoms with Gasteiger partial charge >= 0.3 is 5.97 Å². The van der Waals surface area contributed by atoms with Gasteiger partial charge in [0, 0.05) is 31.4 Å². The number of carbonyl (C=O) groups excluding carboxylic acids is 2. The average Bonchev–Trinajstić information content (AvgIpc) is 3.37. The van der Waals surface area contributed by atoms with E-state index in [1.807, 2.05) is 36.4 Å². The standard InChI is InChI=1S/C28H23Cl2N5O4/c29-19-4-3-5-20(30)24(19)26(36)34-23(28(38)39)14-18-9-8-17(15-31-18)16-10-12-35(13-11-16)27(37)25-32-21-6-1-2-7-22(21)33-25/h1-10,15,23H,11-14H2,(H,32,33)(H,34,36)(H,38,39)/t23-/m0/s1. The number of para-hydroxylation sites is 2. The number of H-pyrrole nitrogens is 1. The Bertz CT molecular complexity index is 1550. The Morgan fingerprint density at radius 1 is 1.05 bits per heavy atom. The molecular formula is C28H23Cl2N5O4. The predicted octanol–water partition coefficient (Wildman–Crippen LogP) is 4.62. The van der Waals surface area contributed by atoms with Gasteiger partial charge in [-0.25, -0.2) is 9.78 Å². The van der Waals surface area contributed by atoms with Gasteiger partial charge in [-0.1, -0.05) is 53.5 Å². The highest BCUT2D eigenvalue weighted by Gasteiger charge is 2.25. The molecule has 2 aromatic heterocycles. The molecule has 1 aliphatic rings. The molecule has 5 rings (SSSR count). The number of hydrogen-bond donors (Lipinski definition) is 3. The molecule has 11 heteroatoms. The fourth-order valence-electron chi connectivity index (χ4n) is 4.41. The van der Waals surface area contributed by atoms with Gasteiger partial charge in [0.25, 0.3) is 11.8 Å². The number of carbonyl (C=O) groups is 3. The summed E-state index contributed by atoms with van der Waals surface area (Å²) in [7, 11) is 0. The van der Waals surface area contributed by atoms with E-state index in [-0.39, 0.29) is 27.9 Å². The van der Waals surface area contributed by atoms with Crippen LogP contribution in [0.2, 0.25) is 10.0 Å². The number of carboxylic acids is 1. The predicted molar refractivity (Wildman–Crippen MR) is 148 cm³/mol. The number of benzene rings is 2. The Labute approximate surface area is 233 Å². The summed E-state index contributed by atoms with van der Waals surface area (Å²) >= 11 is 12.2. The molecule has 0 bridgehead atoms. The number of aliphatic carboxylic acids is 1. The number of pyridine rings is 1. The fraction of sp³-hybridized carbons (Fsp3) is 0.179. The Kier molecular flexibility index (Phi) is 7.63. The maximum Gasteiger partial charge on any atom is 0.326 e. The fourth-order valence-corrected chi connectivity index (χ4v) is 4.98. The van der Waals surface area contributed by atoms with E-state index in [1.165, 1.54) is 12.1 Å². The second-order valence-electron chi connectivity index (χ2n) is 9.04. The van der Waals surface area contributed by atoms with Crippen LogP contribution in [0.25, 0.3) is 16.6 Å². The highest BCUT2D eigenvalue weighted by Crippen LogP contribution is 2.25. The molecule has 2 amide bonds. The number of nitrogens with one attached hydrogen (secondary N) is 2. The monoisotopic (exact) mass is 563 g/mol. The summed E-state index contributed by atoms with van der Waals surface area (Å²) in [4.78, 5) is 51.0. The van der Waals surface area contributed by atoms with Crippen LogP contribution in [0.3, 0.4) is 0 Å². The number of hydrogen-bond acceptors (Lipinski definition) is 5. The quantitative estimate of drug-likeness (QED) is 0.301. The van der Waals surface area contributed by atoms with Gasteiger partial charge in [-0.05, 0) is 47.9 Å². The summed E-state index contributed by atoms with van der Waals surface area (Å²) in [6, 6.07) is 14.5. The first-order chi connectivity index (χ1) is 18.8. The molecule has 0 saturated carbocycles. The van der Waals surface area contributed by atoms with Gasteiger partial charge in [0.05, 0.1) is 26.6 Å². The molecule has 9 nitrogen and oxygen atoms in total. The van der Waals surface area contributed by atoms with Crippen LogP contribution in [-0.4, -0.2) is 61.9 Å². The largest absolute Gasteiger partial charge is 0.480 e. The lowest BCUT2D eigenvalue weighted by atomic mass is 10.00. The van der Waals surface area contributed by atoms with Crippen molar-refractivity contribution < 1.29 is 19.5 Å². The Morgan fingerprint density at radius 3 is 2.46 bits per heavy atom. The summed E-state index contributed by atoms with van der Waals surface area (Å²) < 4.78 is 0. The second kappa shape index (κ2) is 11.3. The molecule has 4 aromatic rings. The Balaban J connectivity index is 1.22. The molecule has 0 fully saturated rings. The lowest BCUT2D eigenvalue weighted by Gasteiger charge is -2.26. The Morgan fingerprint density at radius 2 is 1.82 bits per heavy atom. The normalized spacial score (nSPS) is 14.1. The van der Waals surface area contributed by atoms with E-state index in [9.17, 15) is 19.5 Å². The maximum absolute atomic E-state index is 12.9. The Hall–Kier alpha value is -4.21.